The number of ether oxygens (including phenoxy) is 1. The first-order valence-electron chi connectivity index (χ1n) is 5.60. The third-order valence-corrected chi connectivity index (χ3v) is 2.50. The van der Waals surface area contributed by atoms with Gasteiger partial charge in [0.25, 0.3) is 5.91 Å². The van der Waals surface area contributed by atoms with Crippen LogP contribution in [-0.2, 0) is 4.74 Å². The molecule has 0 atom stereocenters. The van der Waals surface area contributed by atoms with E-state index in [2.05, 4.69) is 16.2 Å². The molecule has 1 aromatic rings. The van der Waals surface area contributed by atoms with Gasteiger partial charge in [-0.15, -0.1) is 6.42 Å². The average molecular weight is 248 g/mol. The van der Waals surface area contributed by atoms with Crippen molar-refractivity contribution in [3.8, 4) is 12.3 Å². The highest BCUT2D eigenvalue weighted by Crippen LogP contribution is 2.18. The molecule has 96 valence electrons. The number of hydrogen-bond donors (Lipinski definition) is 2. The summed E-state index contributed by atoms with van der Waals surface area (Å²) in [6.07, 6.45) is 5.07. The fraction of sp³-hybridized carbons (Fsp3) is 0.385. The number of H-pyrrole nitrogens is 1. The van der Waals surface area contributed by atoms with Crippen LogP contribution in [0.3, 0.4) is 0 Å². The first kappa shape index (κ1) is 13.8. The molecule has 1 heterocycles. The van der Waals surface area contributed by atoms with Gasteiger partial charge in [-0.1, -0.05) is 5.92 Å². The topological polar surface area (TPSA) is 71.2 Å². The van der Waals surface area contributed by atoms with E-state index in [0.717, 1.165) is 0 Å². The predicted octanol–water partition coefficient (Wildman–Crippen LogP) is 1.17. The fourth-order valence-corrected chi connectivity index (χ4v) is 1.71. The van der Waals surface area contributed by atoms with Crippen molar-refractivity contribution in [3.63, 3.8) is 0 Å². The number of aromatic nitrogens is 1. The Labute approximate surface area is 106 Å². The largest absolute Gasteiger partial charge is 0.462 e. The van der Waals surface area contributed by atoms with Crippen LogP contribution in [0.4, 0.5) is 0 Å². The average Bonchev–Trinajstić information content (AvgIpc) is 2.62. The molecule has 1 rings (SSSR count). The van der Waals surface area contributed by atoms with Crippen LogP contribution in [0.1, 0.15) is 39.0 Å². The SMILES string of the molecule is C#CCNC(=O)c1[nH]c(C)c(C(=O)OCC)c1C. The van der Waals surface area contributed by atoms with E-state index < -0.39 is 5.97 Å². The summed E-state index contributed by atoms with van der Waals surface area (Å²) in [7, 11) is 0. The molecule has 0 saturated carbocycles. The number of aromatic amines is 1. The van der Waals surface area contributed by atoms with Crippen LogP contribution < -0.4 is 5.32 Å². The second-order valence-corrected chi connectivity index (χ2v) is 3.73. The predicted molar refractivity (Wildman–Crippen MR) is 67.4 cm³/mol. The van der Waals surface area contributed by atoms with Crippen molar-refractivity contribution in [2.24, 2.45) is 0 Å². The lowest BCUT2D eigenvalue weighted by atomic mass is 10.1. The van der Waals surface area contributed by atoms with Crippen LogP contribution in [0.2, 0.25) is 0 Å². The van der Waals surface area contributed by atoms with Crippen molar-refractivity contribution in [1.29, 1.82) is 0 Å². The van der Waals surface area contributed by atoms with Gasteiger partial charge in [-0.3, -0.25) is 4.79 Å². The van der Waals surface area contributed by atoms with E-state index in [4.69, 9.17) is 11.2 Å². The van der Waals surface area contributed by atoms with Gasteiger partial charge in [-0.05, 0) is 26.3 Å². The lowest BCUT2D eigenvalue weighted by Crippen LogP contribution is -2.24. The van der Waals surface area contributed by atoms with E-state index in [1.54, 1.807) is 20.8 Å². The normalized spacial score (nSPS) is 9.67. The molecule has 0 aromatic carbocycles. The van der Waals surface area contributed by atoms with Crippen molar-refractivity contribution in [1.82, 2.24) is 10.3 Å². The molecule has 1 aromatic heterocycles. The molecule has 0 bridgehead atoms. The van der Waals surface area contributed by atoms with E-state index >= 15 is 0 Å². The Kier molecular flexibility index (Phi) is 4.55. The number of amides is 1. The molecule has 0 saturated heterocycles. The number of esters is 1. The minimum atomic E-state index is -0.431. The van der Waals surface area contributed by atoms with Gasteiger partial charge in [0.2, 0.25) is 0 Å². The lowest BCUT2D eigenvalue weighted by molar-refractivity contribution is 0.0525. The molecule has 0 fully saturated rings. The summed E-state index contributed by atoms with van der Waals surface area (Å²) in [5.74, 6) is 1.55. The molecule has 0 aliphatic rings. The molecule has 18 heavy (non-hydrogen) atoms. The number of nitrogens with one attached hydrogen (secondary N) is 2. The van der Waals surface area contributed by atoms with E-state index in [0.29, 0.717) is 29.1 Å². The number of rotatable bonds is 4. The summed E-state index contributed by atoms with van der Waals surface area (Å²) < 4.78 is 4.94. The van der Waals surface area contributed by atoms with E-state index in [1.807, 2.05) is 0 Å². The van der Waals surface area contributed by atoms with Gasteiger partial charge >= 0.3 is 5.97 Å². The summed E-state index contributed by atoms with van der Waals surface area (Å²) >= 11 is 0. The molecular weight excluding hydrogens is 232 g/mol. The lowest BCUT2D eigenvalue weighted by Gasteiger charge is -2.03. The minimum Gasteiger partial charge on any atom is -0.462 e. The number of hydrogen-bond acceptors (Lipinski definition) is 3. The van der Waals surface area contributed by atoms with Crippen molar-refractivity contribution in [2.75, 3.05) is 13.2 Å². The minimum absolute atomic E-state index is 0.144. The van der Waals surface area contributed by atoms with Crippen LogP contribution in [0.15, 0.2) is 0 Å². The molecule has 0 aliphatic carbocycles. The number of terminal acetylenes is 1. The maximum Gasteiger partial charge on any atom is 0.340 e. The van der Waals surface area contributed by atoms with Gasteiger partial charge in [-0.25, -0.2) is 4.79 Å². The van der Waals surface area contributed by atoms with Crippen molar-refractivity contribution in [3.05, 3.63) is 22.5 Å². The summed E-state index contributed by atoms with van der Waals surface area (Å²) in [6.45, 7) is 5.58. The Morgan fingerprint density at radius 2 is 2.11 bits per heavy atom. The van der Waals surface area contributed by atoms with Crippen molar-refractivity contribution >= 4 is 11.9 Å². The molecule has 0 radical (unpaired) electrons. The van der Waals surface area contributed by atoms with Gasteiger partial charge in [0.05, 0.1) is 18.7 Å². The van der Waals surface area contributed by atoms with Crippen LogP contribution in [-0.4, -0.2) is 30.0 Å². The Morgan fingerprint density at radius 3 is 2.67 bits per heavy atom. The Bertz CT molecular complexity index is 509. The molecular formula is C13H16N2O3. The molecule has 0 unspecified atom stereocenters. The third kappa shape index (κ3) is 2.72. The second kappa shape index (κ2) is 5.92. The van der Waals surface area contributed by atoms with Gasteiger partial charge in [0.15, 0.2) is 0 Å². The summed E-state index contributed by atoms with van der Waals surface area (Å²) in [5.41, 5.74) is 1.92. The quantitative estimate of drug-likeness (QED) is 0.620. The van der Waals surface area contributed by atoms with E-state index in [-0.39, 0.29) is 12.5 Å². The first-order chi connectivity index (χ1) is 8.52. The maximum absolute atomic E-state index is 11.8. The van der Waals surface area contributed by atoms with Gasteiger partial charge in [0.1, 0.15) is 5.69 Å². The highest BCUT2D eigenvalue weighted by Gasteiger charge is 2.22. The molecule has 0 aliphatic heterocycles. The fourth-order valence-electron chi connectivity index (χ4n) is 1.71. The van der Waals surface area contributed by atoms with Crippen LogP contribution in [0.25, 0.3) is 0 Å². The zero-order valence-electron chi connectivity index (χ0n) is 10.7. The number of carbonyl (C=O) groups excluding carboxylic acids is 2. The van der Waals surface area contributed by atoms with Crippen molar-refractivity contribution in [2.45, 2.75) is 20.8 Å². The van der Waals surface area contributed by atoms with E-state index in [9.17, 15) is 9.59 Å². The molecule has 5 nitrogen and oxygen atoms in total. The maximum atomic E-state index is 11.8. The van der Waals surface area contributed by atoms with Gasteiger partial charge < -0.3 is 15.0 Å². The summed E-state index contributed by atoms with van der Waals surface area (Å²) in [6, 6.07) is 0. The van der Waals surface area contributed by atoms with Crippen LogP contribution in [0.5, 0.6) is 0 Å². The zero-order valence-corrected chi connectivity index (χ0v) is 10.7. The van der Waals surface area contributed by atoms with Crippen molar-refractivity contribution < 1.29 is 14.3 Å². The first-order valence-corrected chi connectivity index (χ1v) is 5.60. The number of carbonyl (C=O) groups is 2. The standard InChI is InChI=1S/C13H16N2O3/c1-5-7-14-12(16)11-8(3)10(9(4)15-11)13(17)18-6-2/h1,15H,6-7H2,2-4H3,(H,14,16). The molecule has 1 amide bonds. The third-order valence-electron chi connectivity index (χ3n) is 2.50. The monoisotopic (exact) mass is 248 g/mol. The number of aryl methyl sites for hydroxylation is 1. The Morgan fingerprint density at radius 1 is 1.44 bits per heavy atom. The zero-order chi connectivity index (χ0) is 13.7. The van der Waals surface area contributed by atoms with Crippen LogP contribution in [0, 0.1) is 26.2 Å². The smallest absolute Gasteiger partial charge is 0.340 e. The van der Waals surface area contributed by atoms with Gasteiger partial charge in [0, 0.05) is 5.69 Å². The summed E-state index contributed by atoms with van der Waals surface area (Å²) in [5, 5.41) is 2.54. The summed E-state index contributed by atoms with van der Waals surface area (Å²) in [4.78, 5) is 26.4. The van der Waals surface area contributed by atoms with Gasteiger partial charge in [-0.2, -0.15) is 0 Å². The molecule has 5 heteroatoms. The second-order valence-electron chi connectivity index (χ2n) is 3.73. The Balaban J connectivity index is 3.04. The highest BCUT2D eigenvalue weighted by atomic mass is 16.5. The van der Waals surface area contributed by atoms with E-state index in [1.165, 1.54) is 0 Å². The van der Waals surface area contributed by atoms with Crippen LogP contribution >= 0.6 is 0 Å². The molecule has 2 N–H and O–H groups in total. The highest BCUT2D eigenvalue weighted by molar-refractivity contribution is 6.00. The Hall–Kier alpha value is -2.22. The molecule has 0 spiro atoms.